The van der Waals surface area contributed by atoms with Crippen molar-refractivity contribution in [2.75, 3.05) is 40.8 Å². The fourth-order valence-corrected chi connectivity index (χ4v) is 23.0. The van der Waals surface area contributed by atoms with E-state index in [0.717, 1.165) is 28.4 Å². The van der Waals surface area contributed by atoms with Crippen molar-refractivity contribution >= 4 is 88.3 Å². The number of ketones is 2. The van der Waals surface area contributed by atoms with Gasteiger partial charge in [-0.05, 0) is 0 Å². The number of Topliss-reactive ketones (excluding diaryl/α,β-unsaturated/α-hetero) is 2. The van der Waals surface area contributed by atoms with Gasteiger partial charge in [0.25, 0.3) is 0 Å². The van der Waals surface area contributed by atoms with Gasteiger partial charge in [-0.1, -0.05) is 0 Å². The first-order valence-electron chi connectivity index (χ1n) is 28.8. The monoisotopic (exact) mass is 1320 g/mol. The van der Waals surface area contributed by atoms with Crippen molar-refractivity contribution in [3.05, 3.63) is 305 Å². The molecule has 22 heteroatoms. The van der Waals surface area contributed by atoms with Crippen LogP contribution >= 0.6 is 13.7 Å². The van der Waals surface area contributed by atoms with Crippen molar-refractivity contribution in [1.29, 1.82) is 0 Å². The third-order valence-electron chi connectivity index (χ3n) is 15.9. The number of hydrogen-bond acceptors (Lipinski definition) is 13. The van der Waals surface area contributed by atoms with E-state index in [4.69, 9.17) is 32.5 Å². The first kappa shape index (κ1) is 68.3. The fraction of sp³-hybridized carbons (Fsp3) is 0.111. The molecular formula is C72H59BF6O13P2. The van der Waals surface area contributed by atoms with Crippen LogP contribution in [0.25, 0.3) is 0 Å². The second-order valence-electron chi connectivity index (χ2n) is 21.2. The molecule has 0 amide bonds. The SMILES string of the molecule is COC(=O)C(C(=O)OC)=C(CP(OB(Oc1cc(C(F)(F)F)cc(C(F)(F)F)c1)OP(CC(C(=O)c1ccccc1)=C(C(=O)OC)C(=O)OC)(c1ccccc1)(c1ccccc1)c1ccccc1)(c1ccccc1)(c1ccccc1)c1ccccc1)C(=O)c1ccccc1. The Kier molecular flexibility index (Phi) is 20.6. The van der Waals surface area contributed by atoms with Gasteiger partial charge in [0.05, 0.1) is 0 Å². The Morgan fingerprint density at radius 3 is 0.777 bits per heavy atom. The molecule has 0 radical (unpaired) electrons. The van der Waals surface area contributed by atoms with Crippen molar-refractivity contribution in [2.45, 2.75) is 12.4 Å². The van der Waals surface area contributed by atoms with Crippen LogP contribution in [0, 0.1) is 0 Å². The molecule has 0 saturated carbocycles. The summed E-state index contributed by atoms with van der Waals surface area (Å²) in [4.78, 5) is 90.7. The van der Waals surface area contributed by atoms with E-state index in [9.17, 15) is 19.2 Å². The van der Waals surface area contributed by atoms with Crippen molar-refractivity contribution in [1.82, 2.24) is 0 Å². The summed E-state index contributed by atoms with van der Waals surface area (Å²) in [6, 6.07) is 63.0. The number of halogens is 6. The van der Waals surface area contributed by atoms with E-state index in [0.29, 0.717) is 12.1 Å². The predicted octanol–water partition coefficient (Wildman–Crippen LogP) is 12.1. The zero-order valence-corrected chi connectivity index (χ0v) is 52.6. The zero-order valence-electron chi connectivity index (χ0n) is 50.8. The number of esters is 4. The molecule has 0 aliphatic carbocycles. The second-order valence-corrected chi connectivity index (χ2v) is 30.2. The summed E-state index contributed by atoms with van der Waals surface area (Å²) in [7, 11) is 0.989. The second kappa shape index (κ2) is 28.4. The van der Waals surface area contributed by atoms with Gasteiger partial charge in [0, 0.05) is 0 Å². The zero-order chi connectivity index (χ0) is 67.4. The number of methoxy groups -OCH3 is 4. The van der Waals surface area contributed by atoms with Crippen LogP contribution in [-0.2, 0) is 59.4 Å². The molecule has 0 bridgehead atoms. The van der Waals surface area contributed by atoms with E-state index in [1.165, 1.54) is 48.5 Å². The average Bonchev–Trinajstić information content (AvgIpc) is 0.686. The first-order chi connectivity index (χ1) is 45.1. The van der Waals surface area contributed by atoms with Gasteiger partial charge in [-0.3, -0.25) is 0 Å². The number of benzene rings is 9. The van der Waals surface area contributed by atoms with Gasteiger partial charge >= 0.3 is 540 Å². The van der Waals surface area contributed by atoms with E-state index >= 15 is 35.9 Å². The number of rotatable bonds is 24. The number of carbonyl (C=O) groups excluding carboxylic acids is 6. The van der Waals surface area contributed by atoms with Crippen molar-refractivity contribution < 1.29 is 87.6 Å². The Morgan fingerprint density at radius 2 is 0.564 bits per heavy atom. The Labute approximate surface area is 537 Å². The number of allylic oxidation sites excluding steroid dienone is 2. The molecule has 9 rings (SSSR count). The van der Waals surface area contributed by atoms with Crippen LogP contribution in [0.5, 0.6) is 5.75 Å². The molecule has 94 heavy (non-hydrogen) atoms. The molecular weight excluding hydrogens is 1260 g/mol. The molecule has 0 heterocycles. The molecule has 0 unspecified atom stereocenters. The first-order valence-corrected chi connectivity index (χ1v) is 33.5. The number of carbonyl (C=O) groups is 6. The van der Waals surface area contributed by atoms with Crippen LogP contribution in [-0.4, -0.2) is 83.5 Å². The molecule has 9 aromatic carbocycles. The van der Waals surface area contributed by atoms with Gasteiger partial charge < -0.3 is 0 Å². The van der Waals surface area contributed by atoms with E-state index in [-0.39, 0.29) is 49.0 Å². The number of alkyl halides is 6. The molecule has 0 aliphatic rings. The Morgan fingerprint density at radius 1 is 0.340 bits per heavy atom. The minimum atomic E-state index is -6.03. The molecule has 0 saturated heterocycles. The topological polar surface area (TPSA) is 167 Å². The van der Waals surface area contributed by atoms with Crippen LogP contribution in [0.3, 0.4) is 0 Å². The van der Waals surface area contributed by atoms with Crippen molar-refractivity contribution in [3.8, 4) is 5.75 Å². The van der Waals surface area contributed by atoms with Crippen molar-refractivity contribution in [3.63, 3.8) is 0 Å². The summed E-state index contributed by atoms with van der Waals surface area (Å²) < 4.78 is 137. The maximum absolute atomic E-state index is 16.1. The van der Waals surface area contributed by atoms with Gasteiger partial charge in [-0.15, -0.1) is 0 Å². The molecule has 13 nitrogen and oxygen atoms in total. The van der Waals surface area contributed by atoms with E-state index < -0.39 is 120 Å². The number of hydrogen-bond donors (Lipinski definition) is 0. The van der Waals surface area contributed by atoms with Crippen LogP contribution in [0.15, 0.2) is 283 Å². The molecule has 9 aromatic rings. The molecule has 0 N–H and O–H groups in total. The van der Waals surface area contributed by atoms with Crippen LogP contribution in [0.1, 0.15) is 31.8 Å². The van der Waals surface area contributed by atoms with Crippen LogP contribution in [0.4, 0.5) is 26.3 Å². The predicted molar refractivity (Wildman–Crippen MR) is 349 cm³/mol. The third-order valence-corrected chi connectivity index (χ3v) is 27.4. The molecule has 0 fully saturated rings. The molecule has 480 valence electrons. The Hall–Kier alpha value is -10.1. The Bertz CT molecular complexity index is 3780. The quantitative estimate of drug-likeness (QED) is 0.00646. The summed E-state index contributed by atoms with van der Waals surface area (Å²) in [5.74, 6) is -8.64. The van der Waals surface area contributed by atoms with Gasteiger partial charge in [0.2, 0.25) is 0 Å². The van der Waals surface area contributed by atoms with E-state index in [1.54, 1.807) is 194 Å². The summed E-state index contributed by atoms with van der Waals surface area (Å²) in [6.07, 6.45) is -12.9. The van der Waals surface area contributed by atoms with Gasteiger partial charge in [0.1, 0.15) is 0 Å². The number of ether oxygens (including phenoxy) is 4. The van der Waals surface area contributed by atoms with Gasteiger partial charge in [-0.2, -0.15) is 0 Å². The van der Waals surface area contributed by atoms with E-state index in [2.05, 4.69) is 0 Å². The molecule has 0 aliphatic heterocycles. The molecule has 0 atom stereocenters. The normalized spacial score (nSPS) is 12.4. The van der Waals surface area contributed by atoms with Gasteiger partial charge in [0.15, 0.2) is 0 Å². The Balaban J connectivity index is 1.59. The van der Waals surface area contributed by atoms with Gasteiger partial charge in [-0.25, -0.2) is 0 Å². The third kappa shape index (κ3) is 13.2. The average molecular weight is 1320 g/mol. The van der Waals surface area contributed by atoms with E-state index in [1.807, 2.05) is 0 Å². The molecule has 0 aromatic heterocycles. The summed E-state index contributed by atoms with van der Waals surface area (Å²) >= 11 is 0. The summed E-state index contributed by atoms with van der Waals surface area (Å²) in [5, 5.41) is 0.631. The maximum atomic E-state index is 16.1. The summed E-state index contributed by atoms with van der Waals surface area (Å²) in [6.45, 7) is -12.1. The standard InChI is InChI=1S/C72H59BF6O13P2/c1-86-67(82)63(68(83)87-2)61(65(80)50-29-13-5-14-30-50)48-93(55-33-17-7-18-34-55,56-35-19-8-20-36-56,57-37-21-9-22-38-57)91-73(90-54-46-52(71(74,75)76)45-53(47-54)72(77,78)79)92-94(58-39-23-10-24-40-58,59-41-25-11-26-42-59,60-43-27-12-28-44-60)49-62(64(69(84)88-3)70(85)89-4)66(81)51-31-15-6-16-32-51/h5-47H,48-49H2,1-4H3. The van der Waals surface area contributed by atoms with Crippen LogP contribution < -0.4 is 36.5 Å². The van der Waals surface area contributed by atoms with Crippen molar-refractivity contribution in [2.24, 2.45) is 0 Å². The molecule has 0 spiro atoms. The summed E-state index contributed by atoms with van der Waals surface area (Å²) in [5.41, 5.74) is -7.05. The van der Waals surface area contributed by atoms with Crippen LogP contribution in [0.2, 0.25) is 0 Å². The fourth-order valence-electron chi connectivity index (χ4n) is 11.6. The minimum absolute atomic E-state index is 0.0992.